The number of hydrogen-bond acceptors (Lipinski definition) is 4. The van der Waals surface area contributed by atoms with Crippen molar-refractivity contribution in [2.24, 2.45) is 0 Å². The molecule has 1 heterocycles. The van der Waals surface area contributed by atoms with Crippen LogP contribution in [0.15, 0.2) is 24.4 Å². The second-order valence-electron chi connectivity index (χ2n) is 4.56. The predicted octanol–water partition coefficient (Wildman–Crippen LogP) is 3.69. The Labute approximate surface area is 122 Å². The summed E-state index contributed by atoms with van der Waals surface area (Å²) < 4.78 is 18.9. The monoisotopic (exact) mass is 294 g/mol. The summed E-state index contributed by atoms with van der Waals surface area (Å²) in [6, 6.07) is 5.06. The molecule has 0 amide bonds. The highest BCUT2D eigenvalue weighted by Crippen LogP contribution is 2.29. The van der Waals surface area contributed by atoms with Gasteiger partial charge in [-0.05, 0) is 37.6 Å². The minimum Gasteiger partial charge on any atom is -0.494 e. The average molecular weight is 294 g/mol. The Bertz CT molecular complexity index is 571. The maximum atomic E-state index is 13.9. The molecule has 1 atom stereocenters. The zero-order valence-electron chi connectivity index (χ0n) is 11.9. The fourth-order valence-electron chi connectivity index (χ4n) is 2.04. The van der Waals surface area contributed by atoms with Gasteiger partial charge in [-0.15, -0.1) is 11.3 Å². The van der Waals surface area contributed by atoms with Gasteiger partial charge in [-0.1, -0.05) is 13.0 Å². The van der Waals surface area contributed by atoms with Crippen LogP contribution in [0.5, 0.6) is 5.75 Å². The van der Waals surface area contributed by atoms with E-state index in [1.807, 2.05) is 19.2 Å². The summed E-state index contributed by atoms with van der Waals surface area (Å²) in [4.78, 5) is 5.39. The topological polar surface area (TPSA) is 34.1 Å². The standard InChI is InChI=1S/C15H19FN2OS/c1-4-7-17-15(14-9-18-10(2)20-14)11-5-6-13(19-3)12(16)8-11/h5-6,8-9,15,17H,4,7H2,1-3H3. The molecule has 1 N–H and O–H groups in total. The Morgan fingerprint density at radius 3 is 2.80 bits per heavy atom. The van der Waals surface area contributed by atoms with Gasteiger partial charge in [0.15, 0.2) is 11.6 Å². The zero-order chi connectivity index (χ0) is 14.5. The number of benzene rings is 1. The molecule has 0 saturated carbocycles. The summed E-state index contributed by atoms with van der Waals surface area (Å²) in [5.41, 5.74) is 0.889. The molecule has 0 fully saturated rings. The minimum atomic E-state index is -0.338. The van der Waals surface area contributed by atoms with E-state index in [2.05, 4.69) is 17.2 Å². The first kappa shape index (κ1) is 14.9. The number of nitrogens with zero attached hydrogens (tertiary/aromatic N) is 1. The summed E-state index contributed by atoms with van der Waals surface area (Å²) in [6.07, 6.45) is 2.88. The van der Waals surface area contributed by atoms with E-state index in [1.54, 1.807) is 17.4 Å². The number of halogens is 1. The average Bonchev–Trinajstić information content (AvgIpc) is 2.86. The van der Waals surface area contributed by atoms with Gasteiger partial charge in [-0.2, -0.15) is 0 Å². The zero-order valence-corrected chi connectivity index (χ0v) is 12.8. The molecular formula is C15H19FN2OS. The molecule has 0 bridgehead atoms. The lowest BCUT2D eigenvalue weighted by molar-refractivity contribution is 0.385. The molecule has 0 aliphatic carbocycles. The van der Waals surface area contributed by atoms with Crippen LogP contribution in [0.25, 0.3) is 0 Å². The van der Waals surface area contributed by atoms with Crippen molar-refractivity contribution in [3.63, 3.8) is 0 Å². The van der Waals surface area contributed by atoms with E-state index in [0.717, 1.165) is 28.4 Å². The summed E-state index contributed by atoms with van der Waals surface area (Å²) in [5.74, 6) is -0.0713. The molecule has 1 unspecified atom stereocenters. The van der Waals surface area contributed by atoms with Crippen LogP contribution in [-0.2, 0) is 0 Å². The lowest BCUT2D eigenvalue weighted by Gasteiger charge is -2.18. The van der Waals surface area contributed by atoms with Crippen molar-refractivity contribution in [1.82, 2.24) is 10.3 Å². The Balaban J connectivity index is 2.33. The molecule has 0 radical (unpaired) electrons. The number of nitrogens with one attached hydrogen (secondary N) is 1. The van der Waals surface area contributed by atoms with Crippen LogP contribution in [-0.4, -0.2) is 18.6 Å². The molecule has 3 nitrogen and oxygen atoms in total. The first-order valence-electron chi connectivity index (χ1n) is 6.64. The Morgan fingerprint density at radius 2 is 2.25 bits per heavy atom. The third-order valence-electron chi connectivity index (χ3n) is 3.03. The van der Waals surface area contributed by atoms with E-state index in [-0.39, 0.29) is 17.6 Å². The van der Waals surface area contributed by atoms with E-state index in [4.69, 9.17) is 4.74 Å². The van der Waals surface area contributed by atoms with Crippen LogP contribution in [0.2, 0.25) is 0 Å². The van der Waals surface area contributed by atoms with Gasteiger partial charge in [-0.3, -0.25) is 0 Å². The molecule has 5 heteroatoms. The van der Waals surface area contributed by atoms with Crippen LogP contribution in [0.3, 0.4) is 0 Å². The Kier molecular flexibility index (Phi) is 5.09. The van der Waals surface area contributed by atoms with Crippen LogP contribution >= 0.6 is 11.3 Å². The van der Waals surface area contributed by atoms with E-state index >= 15 is 0 Å². The first-order chi connectivity index (χ1) is 9.65. The molecule has 0 aliphatic heterocycles. The first-order valence-corrected chi connectivity index (χ1v) is 7.46. The summed E-state index contributed by atoms with van der Waals surface area (Å²) in [6.45, 7) is 4.95. The third kappa shape index (κ3) is 3.35. The normalized spacial score (nSPS) is 12.4. The summed E-state index contributed by atoms with van der Waals surface area (Å²) in [5, 5.41) is 4.45. The van der Waals surface area contributed by atoms with Crippen molar-refractivity contribution in [3.05, 3.63) is 45.7 Å². The number of ether oxygens (including phenoxy) is 1. The van der Waals surface area contributed by atoms with Gasteiger partial charge in [-0.25, -0.2) is 9.37 Å². The van der Waals surface area contributed by atoms with Crippen LogP contribution < -0.4 is 10.1 Å². The number of methoxy groups -OCH3 is 1. The van der Waals surface area contributed by atoms with Gasteiger partial charge in [0.05, 0.1) is 18.2 Å². The number of hydrogen-bond donors (Lipinski definition) is 1. The lowest BCUT2D eigenvalue weighted by atomic mass is 10.1. The fourth-order valence-corrected chi connectivity index (χ4v) is 2.93. The van der Waals surface area contributed by atoms with Crippen LogP contribution in [0, 0.1) is 12.7 Å². The molecule has 1 aromatic carbocycles. The quantitative estimate of drug-likeness (QED) is 0.882. The number of aryl methyl sites for hydroxylation is 1. The lowest BCUT2D eigenvalue weighted by Crippen LogP contribution is -2.22. The van der Waals surface area contributed by atoms with Crippen molar-refractivity contribution in [3.8, 4) is 5.75 Å². The third-order valence-corrected chi connectivity index (χ3v) is 4.01. The highest BCUT2D eigenvalue weighted by atomic mass is 32.1. The van der Waals surface area contributed by atoms with Crippen LogP contribution in [0.4, 0.5) is 4.39 Å². The molecule has 20 heavy (non-hydrogen) atoms. The van der Waals surface area contributed by atoms with Crippen molar-refractivity contribution in [2.45, 2.75) is 26.3 Å². The minimum absolute atomic E-state index is 0.0263. The van der Waals surface area contributed by atoms with Crippen molar-refractivity contribution < 1.29 is 9.13 Å². The summed E-state index contributed by atoms with van der Waals surface area (Å²) >= 11 is 1.63. The summed E-state index contributed by atoms with van der Waals surface area (Å²) in [7, 11) is 1.47. The highest BCUT2D eigenvalue weighted by molar-refractivity contribution is 7.11. The highest BCUT2D eigenvalue weighted by Gasteiger charge is 2.17. The van der Waals surface area contributed by atoms with Crippen LogP contribution in [0.1, 0.15) is 34.8 Å². The number of rotatable bonds is 6. The van der Waals surface area contributed by atoms with Gasteiger partial charge in [0, 0.05) is 11.1 Å². The van der Waals surface area contributed by atoms with Gasteiger partial charge in [0.25, 0.3) is 0 Å². The van der Waals surface area contributed by atoms with Crippen molar-refractivity contribution >= 4 is 11.3 Å². The Morgan fingerprint density at radius 1 is 1.45 bits per heavy atom. The largest absolute Gasteiger partial charge is 0.494 e. The molecular weight excluding hydrogens is 275 g/mol. The SMILES string of the molecule is CCCNC(c1ccc(OC)c(F)c1)c1cnc(C)s1. The van der Waals surface area contributed by atoms with Gasteiger partial charge >= 0.3 is 0 Å². The maximum Gasteiger partial charge on any atom is 0.165 e. The molecule has 0 aliphatic rings. The van der Waals surface area contributed by atoms with Gasteiger partial charge in [0.1, 0.15) is 0 Å². The molecule has 108 valence electrons. The van der Waals surface area contributed by atoms with E-state index in [1.165, 1.54) is 13.2 Å². The smallest absolute Gasteiger partial charge is 0.165 e. The van der Waals surface area contributed by atoms with Crippen molar-refractivity contribution in [1.29, 1.82) is 0 Å². The Hall–Kier alpha value is -1.46. The van der Waals surface area contributed by atoms with E-state index in [9.17, 15) is 4.39 Å². The number of aromatic nitrogens is 1. The van der Waals surface area contributed by atoms with Gasteiger partial charge in [0.2, 0.25) is 0 Å². The van der Waals surface area contributed by atoms with Gasteiger partial charge < -0.3 is 10.1 Å². The molecule has 2 rings (SSSR count). The molecule has 0 saturated heterocycles. The molecule has 0 spiro atoms. The molecule has 2 aromatic rings. The second-order valence-corrected chi connectivity index (χ2v) is 5.83. The second kappa shape index (κ2) is 6.81. The van der Waals surface area contributed by atoms with Crippen molar-refractivity contribution in [2.75, 3.05) is 13.7 Å². The number of thiazole rings is 1. The molecule has 1 aromatic heterocycles. The van der Waals surface area contributed by atoms with E-state index < -0.39 is 0 Å². The van der Waals surface area contributed by atoms with E-state index in [0.29, 0.717) is 0 Å². The predicted molar refractivity (Wildman–Crippen MR) is 79.9 cm³/mol. The fraction of sp³-hybridized carbons (Fsp3) is 0.400. The maximum absolute atomic E-state index is 13.9.